The molecule has 1 fully saturated rings. The van der Waals surface area contributed by atoms with Gasteiger partial charge in [-0.2, -0.15) is 0 Å². The number of benzene rings is 2. The zero-order valence-corrected chi connectivity index (χ0v) is 20.2. The second-order valence-electron chi connectivity index (χ2n) is 9.10. The Labute approximate surface area is 199 Å². The molecule has 3 amide bonds. The van der Waals surface area contributed by atoms with Gasteiger partial charge in [0.15, 0.2) is 0 Å². The number of anilines is 1. The molecule has 1 unspecified atom stereocenters. The number of amides is 3. The number of nitrogens with zero attached hydrogens (tertiary/aromatic N) is 2. The number of nitrogens with one attached hydrogen (secondary N) is 1. The van der Waals surface area contributed by atoms with Crippen molar-refractivity contribution in [2.75, 3.05) is 11.4 Å². The van der Waals surface area contributed by atoms with Crippen LogP contribution in [-0.2, 0) is 11.3 Å². The lowest BCUT2D eigenvalue weighted by Gasteiger charge is -2.47. The van der Waals surface area contributed by atoms with Crippen LogP contribution in [0.2, 0.25) is 10.0 Å². The van der Waals surface area contributed by atoms with Gasteiger partial charge in [-0.15, -0.1) is 0 Å². The van der Waals surface area contributed by atoms with E-state index in [1.54, 1.807) is 24.3 Å². The highest BCUT2D eigenvalue weighted by atomic mass is 35.5. The Bertz CT molecular complexity index is 1130. The fourth-order valence-electron chi connectivity index (χ4n) is 4.90. The van der Waals surface area contributed by atoms with E-state index in [-0.39, 0.29) is 23.7 Å². The molecule has 4 rings (SSSR count). The normalized spacial score (nSPS) is 21.2. The first-order valence-electron chi connectivity index (χ1n) is 10.8. The molecular formula is C25H27Cl2N3O2. The first kappa shape index (κ1) is 22.7. The second-order valence-corrected chi connectivity index (χ2v) is 9.94. The summed E-state index contributed by atoms with van der Waals surface area (Å²) in [6, 6.07) is 10.8. The average Bonchev–Trinajstić information content (AvgIpc) is 2.97. The lowest BCUT2D eigenvalue weighted by Crippen LogP contribution is -2.48. The Morgan fingerprint density at radius 1 is 1.16 bits per heavy atom. The second kappa shape index (κ2) is 8.45. The third kappa shape index (κ3) is 4.12. The molecule has 0 radical (unpaired) electrons. The number of hydrogen-bond donors (Lipinski definition) is 1. The van der Waals surface area contributed by atoms with Crippen LogP contribution in [0.15, 0.2) is 42.1 Å². The van der Waals surface area contributed by atoms with Crippen molar-refractivity contribution in [1.82, 2.24) is 10.2 Å². The number of carbonyl (C=O) groups excluding carboxylic acids is 2. The summed E-state index contributed by atoms with van der Waals surface area (Å²) in [5, 5.41) is 3.62. The summed E-state index contributed by atoms with van der Waals surface area (Å²) in [5.74, 6) is 0.0293. The van der Waals surface area contributed by atoms with Gasteiger partial charge in [-0.05, 0) is 80.1 Å². The van der Waals surface area contributed by atoms with Crippen LogP contribution >= 0.6 is 23.2 Å². The molecule has 2 aromatic rings. The van der Waals surface area contributed by atoms with Gasteiger partial charge in [-0.1, -0.05) is 42.3 Å². The van der Waals surface area contributed by atoms with E-state index in [0.717, 1.165) is 23.4 Å². The molecule has 0 aromatic heterocycles. The first-order valence-corrected chi connectivity index (χ1v) is 11.6. The minimum atomic E-state index is -0.461. The number of halogens is 2. The Balaban J connectivity index is 1.60. The largest absolute Gasteiger partial charge is 0.366 e. The molecule has 1 N–H and O–H groups in total. The van der Waals surface area contributed by atoms with Crippen LogP contribution in [0.4, 0.5) is 10.5 Å². The number of imide groups is 1. The van der Waals surface area contributed by atoms with Crippen molar-refractivity contribution in [3.8, 4) is 0 Å². The Hall–Kier alpha value is -2.50. The van der Waals surface area contributed by atoms with Crippen LogP contribution in [0.5, 0.6) is 0 Å². The molecule has 0 bridgehead atoms. The minimum Gasteiger partial charge on any atom is -0.366 e. The van der Waals surface area contributed by atoms with E-state index >= 15 is 0 Å². The average molecular weight is 472 g/mol. The lowest BCUT2D eigenvalue weighted by atomic mass is 9.79. The van der Waals surface area contributed by atoms with E-state index in [9.17, 15) is 9.59 Å². The zero-order valence-electron chi connectivity index (χ0n) is 18.7. The Morgan fingerprint density at radius 3 is 2.59 bits per heavy atom. The predicted octanol–water partition coefficient (Wildman–Crippen LogP) is 6.20. The minimum absolute atomic E-state index is 0.0831. The van der Waals surface area contributed by atoms with Gasteiger partial charge in [0.25, 0.3) is 5.91 Å². The number of fused-ring (bicyclic) bond motifs is 1. The van der Waals surface area contributed by atoms with Gasteiger partial charge >= 0.3 is 6.03 Å². The highest BCUT2D eigenvalue weighted by molar-refractivity contribution is 6.35. The summed E-state index contributed by atoms with van der Waals surface area (Å²) in [7, 11) is 0. The van der Waals surface area contributed by atoms with Crippen LogP contribution in [0, 0.1) is 0 Å². The smallest absolute Gasteiger partial charge is 0.329 e. The molecule has 2 aliphatic heterocycles. The summed E-state index contributed by atoms with van der Waals surface area (Å²) in [6.45, 7) is 9.99. The molecule has 0 spiro atoms. The summed E-state index contributed by atoms with van der Waals surface area (Å²) in [6.07, 6.45) is 2.80. The van der Waals surface area contributed by atoms with Gasteiger partial charge in [-0.25, -0.2) is 4.79 Å². The quantitative estimate of drug-likeness (QED) is 0.426. The maximum absolute atomic E-state index is 12.9. The molecule has 2 aliphatic rings. The van der Waals surface area contributed by atoms with Crippen molar-refractivity contribution in [2.24, 2.45) is 0 Å². The third-order valence-electron chi connectivity index (χ3n) is 6.34. The van der Waals surface area contributed by atoms with Crippen molar-refractivity contribution in [1.29, 1.82) is 0 Å². The molecule has 168 valence electrons. The van der Waals surface area contributed by atoms with Crippen LogP contribution in [-0.4, -0.2) is 28.9 Å². The highest BCUT2D eigenvalue weighted by Gasteiger charge is 2.36. The van der Waals surface area contributed by atoms with Crippen LogP contribution in [0.3, 0.4) is 0 Å². The van der Waals surface area contributed by atoms with Gasteiger partial charge in [0.2, 0.25) is 0 Å². The van der Waals surface area contributed by atoms with E-state index in [1.165, 1.54) is 11.3 Å². The molecule has 2 aromatic carbocycles. The number of rotatable bonds is 4. The van der Waals surface area contributed by atoms with Crippen molar-refractivity contribution in [2.45, 2.75) is 52.1 Å². The number of hydrogen-bond acceptors (Lipinski definition) is 3. The lowest BCUT2D eigenvalue weighted by molar-refractivity contribution is -0.123. The topological polar surface area (TPSA) is 52.7 Å². The van der Waals surface area contributed by atoms with E-state index < -0.39 is 6.03 Å². The highest BCUT2D eigenvalue weighted by Crippen LogP contribution is 2.43. The third-order valence-corrected chi connectivity index (χ3v) is 6.93. The van der Waals surface area contributed by atoms with Gasteiger partial charge in [0.05, 0.1) is 6.54 Å². The van der Waals surface area contributed by atoms with Gasteiger partial charge in [-0.3, -0.25) is 9.69 Å². The summed E-state index contributed by atoms with van der Waals surface area (Å²) < 4.78 is 0. The maximum Gasteiger partial charge on any atom is 0.329 e. The number of urea groups is 1. The molecular weight excluding hydrogens is 445 g/mol. The predicted molar refractivity (Wildman–Crippen MR) is 130 cm³/mol. The summed E-state index contributed by atoms with van der Waals surface area (Å²) in [4.78, 5) is 29.0. The summed E-state index contributed by atoms with van der Waals surface area (Å²) >= 11 is 12.2. The van der Waals surface area contributed by atoms with Crippen molar-refractivity contribution in [3.05, 3.63) is 68.8 Å². The van der Waals surface area contributed by atoms with Crippen molar-refractivity contribution in [3.63, 3.8) is 0 Å². The van der Waals surface area contributed by atoms with E-state index in [4.69, 9.17) is 23.2 Å². The molecule has 2 heterocycles. The van der Waals surface area contributed by atoms with E-state index in [2.05, 4.69) is 50.0 Å². The standard InChI is InChI=1S/C25H27Cl2N3O2/c1-5-30-22-9-6-16(10-19(22)15(2)13-25(30,3)4)11-21-23(31)29(24(32)28-21)14-17-7-8-18(26)12-20(17)27/h6-12,15H,5,13-14H2,1-4H3,(H,28,32)/b21-11+. The van der Waals surface area contributed by atoms with Crippen molar-refractivity contribution >= 4 is 46.9 Å². The monoisotopic (exact) mass is 471 g/mol. The van der Waals surface area contributed by atoms with Crippen LogP contribution in [0.25, 0.3) is 6.08 Å². The molecule has 0 saturated carbocycles. The fraction of sp³-hybridized carbons (Fsp3) is 0.360. The molecule has 7 heteroatoms. The molecule has 5 nitrogen and oxygen atoms in total. The Morgan fingerprint density at radius 2 is 1.91 bits per heavy atom. The molecule has 1 atom stereocenters. The van der Waals surface area contributed by atoms with E-state index in [1.807, 2.05) is 6.07 Å². The zero-order chi connectivity index (χ0) is 23.2. The molecule has 1 saturated heterocycles. The maximum atomic E-state index is 12.9. The van der Waals surface area contributed by atoms with Gasteiger partial charge in [0.1, 0.15) is 5.70 Å². The van der Waals surface area contributed by atoms with E-state index in [0.29, 0.717) is 21.5 Å². The van der Waals surface area contributed by atoms with Gasteiger partial charge < -0.3 is 10.2 Å². The Kier molecular flexibility index (Phi) is 5.99. The fourth-order valence-corrected chi connectivity index (χ4v) is 5.37. The SMILES string of the molecule is CCN1c2ccc(/C=C3/NC(=O)N(Cc4ccc(Cl)cc4Cl)C3=O)cc2C(C)CC1(C)C. The molecule has 32 heavy (non-hydrogen) atoms. The van der Waals surface area contributed by atoms with Crippen molar-refractivity contribution < 1.29 is 9.59 Å². The number of carbonyl (C=O) groups is 2. The van der Waals surface area contributed by atoms with Crippen LogP contribution < -0.4 is 10.2 Å². The van der Waals surface area contributed by atoms with Crippen LogP contribution in [0.1, 0.15) is 56.7 Å². The van der Waals surface area contributed by atoms with Gasteiger partial charge in [0, 0.05) is 27.8 Å². The first-order chi connectivity index (χ1) is 15.1. The molecule has 0 aliphatic carbocycles. The summed E-state index contributed by atoms with van der Waals surface area (Å²) in [5.41, 5.74) is 4.41.